The summed E-state index contributed by atoms with van der Waals surface area (Å²) >= 11 is 0. The van der Waals surface area contributed by atoms with E-state index in [4.69, 9.17) is 9.15 Å². The normalized spacial score (nSPS) is 14.7. The van der Waals surface area contributed by atoms with Crippen molar-refractivity contribution in [1.82, 2.24) is 19.2 Å². The van der Waals surface area contributed by atoms with E-state index in [1.807, 2.05) is 0 Å². The Bertz CT molecular complexity index is 701. The minimum absolute atomic E-state index is 0.153. The second-order valence-corrected chi connectivity index (χ2v) is 5.09. The molecule has 0 saturated carbocycles. The molecule has 0 N–H and O–H groups in total. The van der Waals surface area contributed by atoms with E-state index in [-0.39, 0.29) is 11.6 Å². The molecular formula is C14H18N4O4. The number of nitrogens with zero attached hydrogens (tertiary/aromatic N) is 4. The first-order valence-corrected chi connectivity index (χ1v) is 7.19. The third-order valence-electron chi connectivity index (χ3n) is 3.72. The summed E-state index contributed by atoms with van der Waals surface area (Å²) in [6.45, 7) is 2.29. The summed E-state index contributed by atoms with van der Waals surface area (Å²) in [6, 6.07) is 3.33. The van der Waals surface area contributed by atoms with Gasteiger partial charge in [0.2, 0.25) is 0 Å². The molecule has 1 aliphatic rings. The maximum atomic E-state index is 12.3. The molecule has 0 aromatic carbocycles. The summed E-state index contributed by atoms with van der Waals surface area (Å²) < 4.78 is 13.2. The predicted octanol–water partition coefficient (Wildman–Crippen LogP) is -0.0173. The zero-order chi connectivity index (χ0) is 15.5. The van der Waals surface area contributed by atoms with Gasteiger partial charge >= 0.3 is 5.69 Å². The lowest BCUT2D eigenvalue weighted by atomic mass is 10.3. The van der Waals surface area contributed by atoms with Crippen molar-refractivity contribution in [3.05, 3.63) is 40.5 Å². The van der Waals surface area contributed by atoms with Gasteiger partial charge in [0.1, 0.15) is 5.82 Å². The molecular weight excluding hydrogens is 288 g/mol. The monoisotopic (exact) mass is 306 g/mol. The van der Waals surface area contributed by atoms with Gasteiger partial charge in [-0.05, 0) is 12.1 Å². The Morgan fingerprint density at radius 1 is 1.41 bits per heavy atom. The number of aromatic nitrogens is 3. The van der Waals surface area contributed by atoms with Crippen LogP contribution in [-0.4, -0.2) is 52.0 Å². The fourth-order valence-corrected chi connectivity index (χ4v) is 2.55. The zero-order valence-electron chi connectivity index (χ0n) is 12.4. The molecule has 0 spiro atoms. The van der Waals surface area contributed by atoms with Crippen LogP contribution in [0.1, 0.15) is 16.4 Å². The van der Waals surface area contributed by atoms with Crippen LogP contribution in [0.15, 0.2) is 27.6 Å². The molecule has 1 amide bonds. The third kappa shape index (κ3) is 2.69. The van der Waals surface area contributed by atoms with Gasteiger partial charge in [0.05, 0.1) is 19.4 Å². The molecule has 0 unspecified atom stereocenters. The molecule has 0 radical (unpaired) electrons. The van der Waals surface area contributed by atoms with Crippen LogP contribution >= 0.6 is 0 Å². The van der Waals surface area contributed by atoms with Crippen LogP contribution in [0.3, 0.4) is 0 Å². The SMILES string of the molecule is COCCn1nc2n(c1=O)CCN(C(=O)c1ccco1)CC2. The van der Waals surface area contributed by atoms with E-state index in [9.17, 15) is 9.59 Å². The van der Waals surface area contributed by atoms with Crippen LogP contribution in [0.2, 0.25) is 0 Å². The minimum Gasteiger partial charge on any atom is -0.459 e. The number of carbonyl (C=O) groups excluding carboxylic acids is 1. The van der Waals surface area contributed by atoms with Crippen molar-refractivity contribution in [2.75, 3.05) is 26.8 Å². The van der Waals surface area contributed by atoms with Crippen molar-refractivity contribution in [2.24, 2.45) is 0 Å². The summed E-state index contributed by atoms with van der Waals surface area (Å²) in [5, 5.41) is 4.33. The van der Waals surface area contributed by atoms with Crippen molar-refractivity contribution in [3.63, 3.8) is 0 Å². The molecule has 22 heavy (non-hydrogen) atoms. The number of rotatable bonds is 4. The molecule has 0 bridgehead atoms. The summed E-state index contributed by atoms with van der Waals surface area (Å²) in [5.74, 6) is 0.864. The van der Waals surface area contributed by atoms with E-state index < -0.39 is 0 Å². The molecule has 0 atom stereocenters. The molecule has 2 aromatic rings. The van der Waals surface area contributed by atoms with Crippen molar-refractivity contribution in [1.29, 1.82) is 0 Å². The average Bonchev–Trinajstić information content (AvgIpc) is 3.09. The van der Waals surface area contributed by atoms with E-state index in [0.717, 1.165) is 0 Å². The predicted molar refractivity (Wildman–Crippen MR) is 76.7 cm³/mol. The van der Waals surface area contributed by atoms with Gasteiger partial charge in [0.25, 0.3) is 5.91 Å². The highest BCUT2D eigenvalue weighted by Crippen LogP contribution is 2.10. The molecule has 0 saturated heterocycles. The van der Waals surface area contributed by atoms with Crippen LogP contribution in [0.5, 0.6) is 0 Å². The van der Waals surface area contributed by atoms with Crippen molar-refractivity contribution < 1.29 is 13.9 Å². The first kappa shape index (κ1) is 14.6. The van der Waals surface area contributed by atoms with Crippen molar-refractivity contribution in [2.45, 2.75) is 19.5 Å². The lowest BCUT2D eigenvalue weighted by Crippen LogP contribution is -2.35. The summed E-state index contributed by atoms with van der Waals surface area (Å²) in [5.41, 5.74) is -0.153. The first-order valence-electron chi connectivity index (χ1n) is 7.19. The van der Waals surface area contributed by atoms with E-state index in [1.165, 1.54) is 10.9 Å². The van der Waals surface area contributed by atoms with E-state index in [0.29, 0.717) is 50.8 Å². The maximum Gasteiger partial charge on any atom is 0.346 e. The Morgan fingerprint density at radius 2 is 2.27 bits per heavy atom. The van der Waals surface area contributed by atoms with Gasteiger partial charge in [0.15, 0.2) is 5.76 Å². The highest BCUT2D eigenvalue weighted by Gasteiger charge is 2.24. The molecule has 3 heterocycles. The van der Waals surface area contributed by atoms with E-state index >= 15 is 0 Å². The second-order valence-electron chi connectivity index (χ2n) is 5.09. The quantitative estimate of drug-likeness (QED) is 0.793. The van der Waals surface area contributed by atoms with Gasteiger partial charge in [-0.15, -0.1) is 0 Å². The van der Waals surface area contributed by atoms with Crippen LogP contribution < -0.4 is 5.69 Å². The third-order valence-corrected chi connectivity index (χ3v) is 3.72. The van der Waals surface area contributed by atoms with Gasteiger partial charge < -0.3 is 14.1 Å². The lowest BCUT2D eigenvalue weighted by molar-refractivity contribution is 0.0726. The molecule has 0 fully saturated rings. The van der Waals surface area contributed by atoms with Crippen molar-refractivity contribution >= 4 is 5.91 Å². The zero-order valence-corrected chi connectivity index (χ0v) is 12.4. The van der Waals surface area contributed by atoms with Gasteiger partial charge in [-0.25, -0.2) is 9.48 Å². The van der Waals surface area contributed by atoms with Gasteiger partial charge in [-0.2, -0.15) is 5.10 Å². The number of hydrogen-bond donors (Lipinski definition) is 0. The van der Waals surface area contributed by atoms with Crippen molar-refractivity contribution in [3.8, 4) is 0 Å². The van der Waals surface area contributed by atoms with Crippen LogP contribution in [0.4, 0.5) is 0 Å². The number of ether oxygens (including phenoxy) is 1. The van der Waals surface area contributed by atoms with Gasteiger partial charge in [-0.3, -0.25) is 9.36 Å². The molecule has 3 rings (SSSR count). The first-order chi connectivity index (χ1) is 10.7. The van der Waals surface area contributed by atoms with Crippen LogP contribution in [0, 0.1) is 0 Å². The maximum absolute atomic E-state index is 12.3. The second kappa shape index (κ2) is 6.18. The number of carbonyl (C=O) groups is 1. The number of methoxy groups -OCH3 is 1. The molecule has 118 valence electrons. The molecule has 2 aromatic heterocycles. The Morgan fingerprint density at radius 3 is 3.00 bits per heavy atom. The standard InChI is InChI=1S/C14H18N4O4/c1-21-10-8-18-14(20)17-7-6-16(5-4-12(17)15-18)13(19)11-3-2-9-22-11/h2-3,9H,4-8,10H2,1H3. The number of amides is 1. The highest BCUT2D eigenvalue weighted by atomic mass is 16.5. The highest BCUT2D eigenvalue weighted by molar-refractivity contribution is 5.91. The average molecular weight is 306 g/mol. The lowest BCUT2D eigenvalue weighted by Gasteiger charge is -2.18. The molecule has 0 aliphatic carbocycles. The summed E-state index contributed by atoms with van der Waals surface area (Å²) in [7, 11) is 1.59. The minimum atomic E-state index is -0.157. The Labute approximate surface area is 126 Å². The fourth-order valence-electron chi connectivity index (χ4n) is 2.55. The van der Waals surface area contributed by atoms with Gasteiger partial charge in [0, 0.05) is 33.2 Å². The van der Waals surface area contributed by atoms with Crippen LogP contribution in [-0.2, 0) is 24.2 Å². The van der Waals surface area contributed by atoms with E-state index in [2.05, 4.69) is 5.10 Å². The number of hydrogen-bond acceptors (Lipinski definition) is 5. The molecule has 1 aliphatic heterocycles. The Kier molecular flexibility index (Phi) is 4.10. The summed E-state index contributed by atoms with van der Waals surface area (Å²) in [4.78, 5) is 26.2. The van der Waals surface area contributed by atoms with Crippen LogP contribution in [0.25, 0.3) is 0 Å². The smallest absolute Gasteiger partial charge is 0.346 e. The Balaban J connectivity index is 1.74. The van der Waals surface area contributed by atoms with Gasteiger partial charge in [-0.1, -0.05) is 0 Å². The molecule has 8 nitrogen and oxygen atoms in total. The fraction of sp³-hybridized carbons (Fsp3) is 0.500. The Hall–Kier alpha value is -2.35. The summed E-state index contributed by atoms with van der Waals surface area (Å²) in [6.07, 6.45) is 2.02. The number of furan rings is 1. The number of fused-ring (bicyclic) bond motifs is 1. The largest absolute Gasteiger partial charge is 0.459 e. The molecule has 8 heteroatoms. The van der Waals surface area contributed by atoms with E-state index in [1.54, 1.807) is 28.7 Å². The topological polar surface area (TPSA) is 82.5 Å².